The van der Waals surface area contributed by atoms with Crippen molar-refractivity contribution in [1.82, 2.24) is 35.2 Å². The van der Waals surface area contributed by atoms with Gasteiger partial charge >= 0.3 is 24.2 Å². The smallest absolute Gasteiger partial charge is 0.319 e. The molecule has 33 nitrogen and oxygen atoms in total. The molecule has 5 aromatic carbocycles. The number of halogens is 2. The number of sulfone groups is 1. The summed E-state index contributed by atoms with van der Waals surface area (Å²) in [4.78, 5) is 44.5. The minimum Gasteiger partial charge on any atom is -0.352 e. The third-order valence-corrected chi connectivity index (χ3v) is 15.6. The van der Waals surface area contributed by atoms with Crippen molar-refractivity contribution in [2.75, 3.05) is 45.4 Å². The second kappa shape index (κ2) is 25.1. The number of urea groups is 2. The molecule has 0 fully saturated rings. The fourth-order valence-corrected chi connectivity index (χ4v) is 10.3. The molecule has 0 aliphatic rings. The number of nitrogens with two attached hydrogens (primary N) is 1. The number of hydrogen-bond donors (Lipinski definition) is 11. The Labute approximate surface area is 473 Å². The average Bonchev–Trinajstić information content (AvgIpc) is 1.23. The van der Waals surface area contributed by atoms with Crippen LogP contribution in [0.1, 0.15) is 18.3 Å². The summed E-state index contributed by atoms with van der Waals surface area (Å²) in [5, 5.41) is 31.3. The summed E-state index contributed by atoms with van der Waals surface area (Å²) in [7, 11) is -23.7. The number of hydrogen-bond acceptors (Lipinski definition) is 25. The van der Waals surface area contributed by atoms with E-state index in [2.05, 4.69) is 88.8 Å². The summed E-state index contributed by atoms with van der Waals surface area (Å²) in [5.41, 5.74) is 3.77. The first-order chi connectivity index (χ1) is 39.2. The number of carbonyl (C=O) groups excluding carboxylic acids is 2. The van der Waals surface area contributed by atoms with Gasteiger partial charge in [-0.3, -0.25) is 18.2 Å². The van der Waals surface area contributed by atoms with Crippen LogP contribution in [0.15, 0.2) is 137 Å². The third-order valence-electron chi connectivity index (χ3n) is 10.8. The lowest BCUT2D eigenvalue weighted by Gasteiger charge is -2.16. The lowest BCUT2D eigenvalue weighted by Crippen LogP contribution is -2.32. The standard InChI is InChI=1S/C44H41F2N17O16S5/c1-3-80(66,67)14-13-48-44(65)53-32-18-25(8-11-29(32)60-62-30-12-9-26(81(68,69)70)19-36(30)84(77,78)79)51-43-58-39(46)57-42(59-43)50-22(2)21-49-41-55-37(54-38(45)56-41)16-23-7-10-28(31(15-23)52-40(47)64)61-63-33-20-27-24(17-35(33)83(74,75)76)5-4-6-34(27)82(71,72)73/h3-12,15,17-20,22H,1,13-14,16,21H2,2H3,(H3,47,52,64)(H2,48,53,65)(H,68,69,70)(H,71,72,73)(H,74,75,76)(H,77,78,79)(H,49,54,55,56)(H2,50,51,57,58,59). The molecule has 0 radical (unpaired) electrons. The van der Waals surface area contributed by atoms with Gasteiger partial charge in [-0.1, -0.05) is 24.8 Å². The number of anilines is 6. The average molecular weight is 1260 g/mol. The number of primary amides is 1. The highest BCUT2D eigenvalue weighted by atomic mass is 32.2. The van der Waals surface area contributed by atoms with Crippen LogP contribution in [0.25, 0.3) is 10.8 Å². The van der Waals surface area contributed by atoms with Crippen molar-refractivity contribution in [3.05, 3.63) is 120 Å². The van der Waals surface area contributed by atoms with Crippen LogP contribution in [0, 0.1) is 12.2 Å². The molecular formula is C44H41F2N17O16S5. The normalized spacial score (nSPS) is 12.7. The number of rotatable bonds is 23. The van der Waals surface area contributed by atoms with Crippen molar-refractivity contribution in [2.45, 2.75) is 39.0 Å². The van der Waals surface area contributed by atoms with Crippen molar-refractivity contribution >= 4 is 131 Å². The Morgan fingerprint density at radius 3 is 1.89 bits per heavy atom. The van der Waals surface area contributed by atoms with Crippen molar-refractivity contribution in [2.24, 2.45) is 26.2 Å². The number of azo groups is 2. The Morgan fingerprint density at radius 2 is 1.24 bits per heavy atom. The summed E-state index contributed by atoms with van der Waals surface area (Å²) in [6.45, 7) is 4.24. The van der Waals surface area contributed by atoms with Crippen LogP contribution in [-0.4, -0.2) is 127 Å². The number of nitrogens with one attached hydrogen (secondary N) is 6. The van der Waals surface area contributed by atoms with Crippen LogP contribution in [-0.2, 0) is 56.7 Å². The molecule has 1 atom stereocenters. The van der Waals surface area contributed by atoms with Crippen LogP contribution < -0.4 is 37.6 Å². The van der Waals surface area contributed by atoms with Crippen LogP contribution in [0.3, 0.4) is 0 Å². The zero-order chi connectivity index (χ0) is 61.5. The van der Waals surface area contributed by atoms with Gasteiger partial charge in [0.25, 0.3) is 40.5 Å². The van der Waals surface area contributed by atoms with Gasteiger partial charge in [-0.15, -0.1) is 20.5 Å². The summed E-state index contributed by atoms with van der Waals surface area (Å²) in [5.74, 6) is -1.75. The van der Waals surface area contributed by atoms with E-state index in [9.17, 15) is 78.7 Å². The van der Waals surface area contributed by atoms with Gasteiger partial charge in [0.15, 0.2) is 9.84 Å². The molecule has 0 bridgehead atoms. The summed E-state index contributed by atoms with van der Waals surface area (Å²) in [6.07, 6.45) is -2.75. The minimum atomic E-state index is -5.18. The van der Waals surface area contributed by atoms with Crippen LogP contribution >= 0.6 is 0 Å². The van der Waals surface area contributed by atoms with Gasteiger partial charge in [0.2, 0.25) is 17.8 Å². The van der Waals surface area contributed by atoms with Crippen molar-refractivity contribution in [1.29, 1.82) is 0 Å². The van der Waals surface area contributed by atoms with E-state index in [1.165, 1.54) is 48.5 Å². The van der Waals surface area contributed by atoms with Gasteiger partial charge < -0.3 is 37.6 Å². The zero-order valence-corrected chi connectivity index (χ0v) is 46.4. The predicted octanol–water partition coefficient (Wildman–Crippen LogP) is 5.72. The highest BCUT2D eigenvalue weighted by molar-refractivity contribution is 7.94. The molecule has 12 N–H and O–H groups in total. The second-order valence-electron chi connectivity index (χ2n) is 17.0. The number of aromatic nitrogens is 6. The third kappa shape index (κ3) is 16.9. The van der Waals surface area contributed by atoms with E-state index in [-0.39, 0.29) is 69.9 Å². The maximum atomic E-state index is 14.9. The number of fused-ring (bicyclic) bond motifs is 1. The highest BCUT2D eigenvalue weighted by Crippen LogP contribution is 2.37. The molecular weight excluding hydrogens is 1220 g/mol. The van der Waals surface area contributed by atoms with Crippen molar-refractivity contribution < 1.29 is 78.7 Å². The predicted molar refractivity (Wildman–Crippen MR) is 292 cm³/mol. The lowest BCUT2D eigenvalue weighted by molar-refractivity contribution is 0.252. The summed E-state index contributed by atoms with van der Waals surface area (Å²) < 4.78 is 189. The van der Waals surface area contributed by atoms with Crippen LogP contribution in [0.2, 0.25) is 0 Å². The molecule has 0 aliphatic heterocycles. The maximum absolute atomic E-state index is 14.9. The van der Waals surface area contributed by atoms with E-state index in [0.29, 0.717) is 17.0 Å². The van der Waals surface area contributed by atoms with Crippen LogP contribution in [0.5, 0.6) is 0 Å². The Kier molecular flexibility index (Phi) is 18.6. The minimum absolute atomic E-state index is 0.00916. The molecule has 7 rings (SSSR count). The van der Waals surface area contributed by atoms with Gasteiger partial charge in [0.05, 0.1) is 22.0 Å². The molecule has 0 spiro atoms. The molecule has 84 heavy (non-hydrogen) atoms. The Hall–Kier alpha value is -9.29. The quantitative estimate of drug-likeness (QED) is 0.0269. The SMILES string of the molecule is C=CS(=O)(=O)CCNC(=O)Nc1cc(Nc2nc(F)nc(NC(C)CNc3nc(F)nc(Cc4ccc(N=Nc5cc6c(S(=O)(=O)O)cccc6cc5S(=O)(=O)O)c(NC(N)=O)c4)n3)n2)ccc1N=Nc1ccc(S(=O)(=O)O)cc1S(=O)(=O)O. The number of nitrogens with zero attached hydrogens (tertiary/aromatic N) is 10. The van der Waals surface area contributed by atoms with Gasteiger partial charge in [-0.2, -0.15) is 72.4 Å². The van der Waals surface area contributed by atoms with E-state index in [1.807, 2.05) is 0 Å². The topological polar surface area (TPSA) is 511 Å². The largest absolute Gasteiger partial charge is 0.352 e. The van der Waals surface area contributed by atoms with Crippen molar-refractivity contribution in [3.63, 3.8) is 0 Å². The lowest BCUT2D eigenvalue weighted by atomic mass is 10.1. The number of carbonyl (C=O) groups is 2. The Morgan fingerprint density at radius 1 is 0.643 bits per heavy atom. The van der Waals surface area contributed by atoms with E-state index in [4.69, 9.17) is 5.73 Å². The first-order valence-electron chi connectivity index (χ1n) is 23.0. The molecule has 2 heterocycles. The highest BCUT2D eigenvalue weighted by Gasteiger charge is 2.24. The summed E-state index contributed by atoms with van der Waals surface area (Å²) >= 11 is 0. The fourth-order valence-electron chi connectivity index (χ4n) is 7.15. The van der Waals surface area contributed by atoms with E-state index in [0.717, 1.165) is 30.3 Å². The molecule has 7 aromatic rings. The monoisotopic (exact) mass is 1260 g/mol. The van der Waals surface area contributed by atoms with E-state index in [1.54, 1.807) is 6.92 Å². The zero-order valence-electron chi connectivity index (χ0n) is 42.3. The van der Waals surface area contributed by atoms with Crippen LogP contribution in [0.4, 0.5) is 76.0 Å². The molecule has 0 saturated heterocycles. The maximum Gasteiger partial charge on any atom is 0.319 e. The first kappa shape index (κ1) is 62.3. The molecule has 40 heteroatoms. The van der Waals surface area contributed by atoms with E-state index >= 15 is 0 Å². The molecule has 1 unspecified atom stereocenters. The molecule has 0 saturated carbocycles. The fraction of sp³-hybridized carbons (Fsp3) is 0.136. The van der Waals surface area contributed by atoms with Gasteiger partial charge in [0.1, 0.15) is 43.3 Å². The summed E-state index contributed by atoms with van der Waals surface area (Å²) in [6, 6.07) is 12.2. The number of amides is 4. The second-order valence-corrected chi connectivity index (χ2v) is 24.7. The Bertz CT molecular complexity index is 4450. The van der Waals surface area contributed by atoms with E-state index < -0.39 is 130 Å². The van der Waals surface area contributed by atoms with Crippen molar-refractivity contribution in [3.8, 4) is 0 Å². The molecule has 2 aromatic heterocycles. The van der Waals surface area contributed by atoms with Gasteiger partial charge in [-0.25, -0.2) is 18.0 Å². The molecule has 4 amide bonds. The molecule has 442 valence electrons. The molecule has 0 aliphatic carbocycles. The van der Waals surface area contributed by atoms with Gasteiger partial charge in [0, 0.05) is 42.0 Å². The Balaban J connectivity index is 1.06. The first-order valence-corrected chi connectivity index (χ1v) is 30.5. The number of benzene rings is 5. The van der Waals surface area contributed by atoms with Gasteiger partial charge in [-0.05, 0) is 84.6 Å².